The standard InChI is InChI=1S/C46H58N4O10/c1-8-42(54)23-28-24-45(40(52)58-6,36-30(15-20-50(56,25-28)26-42)29-13-10-11-14-33(29)47-36)32-21-31-34(22-35(32)57-5)48(4)38-44(31)17-19-49-18-12-16-43(9-2,37(44)49)39(60-27(3)51)46(38,55)41(53)59-7/h10-14,16,21-22,28,37-39,47,54-55H,8-9,15,17-20,23-26H2,1-7H3/t28-,37-,38+,39+,42+,43+,44+,45-,46-,50?/m0/s1. The van der Waals surface area contributed by atoms with Gasteiger partial charge in [0.05, 0.1) is 40.5 Å². The predicted molar refractivity (Wildman–Crippen MR) is 222 cm³/mol. The van der Waals surface area contributed by atoms with Crippen LogP contribution in [-0.4, -0.2) is 133 Å². The second-order valence-electron chi connectivity index (χ2n) is 18.6. The van der Waals surface area contributed by atoms with Gasteiger partial charge in [0.1, 0.15) is 23.3 Å². The molecule has 1 spiro atoms. The van der Waals surface area contributed by atoms with Crippen LogP contribution in [0.15, 0.2) is 48.6 Å². The van der Waals surface area contributed by atoms with Crippen molar-refractivity contribution in [2.45, 2.75) is 99.5 Å². The Balaban J connectivity index is 1.37. The fourth-order valence-corrected chi connectivity index (χ4v) is 13.8. The molecule has 14 nitrogen and oxygen atoms in total. The Bertz CT molecular complexity index is 2310. The third kappa shape index (κ3) is 5.20. The first-order chi connectivity index (χ1) is 28.6. The van der Waals surface area contributed by atoms with E-state index in [-0.39, 0.29) is 32.1 Å². The van der Waals surface area contributed by atoms with Crippen molar-refractivity contribution in [3.63, 3.8) is 0 Å². The number of esters is 3. The Kier molecular flexibility index (Phi) is 9.39. The highest BCUT2D eigenvalue weighted by Gasteiger charge is 2.80. The zero-order valence-corrected chi connectivity index (χ0v) is 35.7. The molecule has 2 bridgehead atoms. The van der Waals surface area contributed by atoms with Gasteiger partial charge in [-0.05, 0) is 61.9 Å². The van der Waals surface area contributed by atoms with E-state index >= 15 is 4.79 Å². The monoisotopic (exact) mass is 826 g/mol. The van der Waals surface area contributed by atoms with Gasteiger partial charge in [-0.1, -0.05) is 44.2 Å². The number of nitrogens with zero attached hydrogens (tertiary/aromatic N) is 3. The zero-order valence-electron chi connectivity index (χ0n) is 35.7. The summed E-state index contributed by atoms with van der Waals surface area (Å²) in [5.41, 5.74) is -2.80. The van der Waals surface area contributed by atoms with Crippen LogP contribution in [0.4, 0.5) is 5.69 Å². The molecular weight excluding hydrogens is 769 g/mol. The van der Waals surface area contributed by atoms with Crippen molar-refractivity contribution in [2.24, 2.45) is 11.3 Å². The number of aromatic nitrogens is 1. The van der Waals surface area contributed by atoms with Crippen molar-refractivity contribution in [1.29, 1.82) is 0 Å². The number of carbonyl (C=O) groups is 3. The molecular formula is C46H58N4O10. The smallest absolute Gasteiger partial charge is 0.344 e. The van der Waals surface area contributed by atoms with Gasteiger partial charge < -0.3 is 48.9 Å². The molecule has 1 unspecified atom stereocenters. The maximum absolute atomic E-state index is 15.3. The van der Waals surface area contributed by atoms with Crippen LogP contribution in [0.25, 0.3) is 10.9 Å². The quantitative estimate of drug-likeness (QED) is 0.103. The summed E-state index contributed by atoms with van der Waals surface area (Å²) < 4.78 is 23.2. The second kappa shape index (κ2) is 13.8. The number of rotatable bonds is 7. The van der Waals surface area contributed by atoms with Gasteiger partial charge in [0.2, 0.25) is 5.60 Å². The lowest BCUT2D eigenvalue weighted by Gasteiger charge is -2.63. The first-order valence-electron chi connectivity index (χ1n) is 21.4. The van der Waals surface area contributed by atoms with Crippen LogP contribution in [0.5, 0.6) is 5.75 Å². The van der Waals surface area contributed by atoms with Crippen LogP contribution in [-0.2, 0) is 45.8 Å². The number of hydrogen-bond donors (Lipinski definition) is 3. The number of ether oxygens (including phenoxy) is 4. The van der Waals surface area contributed by atoms with Crippen molar-refractivity contribution in [1.82, 2.24) is 9.88 Å². The number of anilines is 1. The molecule has 322 valence electrons. The van der Waals surface area contributed by atoms with Crippen LogP contribution >= 0.6 is 0 Å². The molecule has 0 amide bonds. The SMILES string of the molecule is CC[C@@]1(O)C[C@H]2C[C@](C(=O)OC)(c3cc4c(cc3OC)N(C)[C@H]3[C@@](O)(C(=O)OC)[C@H](OC(C)=O)[C@]5(CC)C=CCN6CC[C@]43[C@@H]65)c3[nH]c4ccccc4c3CC[N+]([O-])(C2)C1. The molecule has 3 N–H and O–H groups in total. The summed E-state index contributed by atoms with van der Waals surface area (Å²) in [7, 11) is 6.01. The van der Waals surface area contributed by atoms with Gasteiger partial charge in [-0.25, -0.2) is 4.79 Å². The molecule has 3 fully saturated rings. The van der Waals surface area contributed by atoms with Crippen LogP contribution in [0.1, 0.15) is 75.3 Å². The van der Waals surface area contributed by atoms with E-state index in [9.17, 15) is 25.0 Å². The van der Waals surface area contributed by atoms with E-state index in [0.29, 0.717) is 67.9 Å². The molecule has 60 heavy (non-hydrogen) atoms. The van der Waals surface area contributed by atoms with E-state index in [0.717, 1.165) is 22.0 Å². The first-order valence-corrected chi connectivity index (χ1v) is 21.4. The minimum atomic E-state index is -2.34. The molecule has 6 heterocycles. The Hall–Kier alpha value is -4.47. The molecule has 3 aromatic rings. The van der Waals surface area contributed by atoms with E-state index in [4.69, 9.17) is 18.9 Å². The molecule has 5 aliphatic heterocycles. The fourth-order valence-electron chi connectivity index (χ4n) is 13.8. The Labute approximate surface area is 350 Å². The van der Waals surface area contributed by atoms with Crippen molar-refractivity contribution in [2.75, 3.05) is 66.0 Å². The van der Waals surface area contributed by atoms with Gasteiger partial charge in [-0.15, -0.1) is 0 Å². The molecule has 9 rings (SSSR count). The number of quaternary nitrogens is 1. The van der Waals surface area contributed by atoms with Gasteiger partial charge in [0.25, 0.3) is 0 Å². The maximum atomic E-state index is 15.3. The van der Waals surface area contributed by atoms with Crippen molar-refractivity contribution >= 4 is 34.5 Å². The molecule has 0 radical (unpaired) electrons. The lowest BCUT2D eigenvalue weighted by Crippen LogP contribution is -2.81. The van der Waals surface area contributed by atoms with Crippen molar-refractivity contribution in [3.05, 3.63) is 76.1 Å². The number of methoxy groups -OCH3 is 3. The molecule has 1 saturated carbocycles. The molecule has 1 aliphatic carbocycles. The van der Waals surface area contributed by atoms with E-state index in [1.54, 1.807) is 7.11 Å². The van der Waals surface area contributed by atoms with Crippen LogP contribution in [0.2, 0.25) is 0 Å². The average Bonchev–Trinajstić information content (AvgIpc) is 3.89. The van der Waals surface area contributed by atoms with E-state index < -0.39 is 68.1 Å². The van der Waals surface area contributed by atoms with Crippen molar-refractivity contribution in [3.8, 4) is 5.75 Å². The number of benzene rings is 2. The first kappa shape index (κ1) is 40.9. The lowest BCUT2D eigenvalue weighted by atomic mass is 9.47. The summed E-state index contributed by atoms with van der Waals surface area (Å²) in [5.74, 6) is -2.08. The van der Waals surface area contributed by atoms with Gasteiger partial charge >= 0.3 is 17.9 Å². The van der Waals surface area contributed by atoms with Gasteiger partial charge in [-0.2, -0.15) is 0 Å². The van der Waals surface area contributed by atoms with Gasteiger partial charge in [0.15, 0.2) is 6.10 Å². The minimum absolute atomic E-state index is 0.0737. The topological polar surface area (TPSA) is 174 Å². The summed E-state index contributed by atoms with van der Waals surface area (Å²) in [6.07, 6.45) is 4.94. The predicted octanol–water partition coefficient (Wildman–Crippen LogP) is 4.00. The van der Waals surface area contributed by atoms with Crippen molar-refractivity contribution < 1.29 is 48.2 Å². The number of nitrogens with one attached hydrogen (secondary N) is 1. The summed E-state index contributed by atoms with van der Waals surface area (Å²) in [5, 5.41) is 41.0. The Morgan fingerprint density at radius 3 is 2.43 bits per heavy atom. The number of piperidine rings is 1. The Morgan fingerprint density at radius 1 is 1.00 bits per heavy atom. The third-order valence-electron chi connectivity index (χ3n) is 15.8. The van der Waals surface area contributed by atoms with E-state index in [2.05, 4.69) is 9.88 Å². The molecule has 14 heteroatoms. The zero-order chi connectivity index (χ0) is 42.8. The van der Waals surface area contributed by atoms with Crippen LogP contribution in [0, 0.1) is 16.5 Å². The highest BCUT2D eigenvalue weighted by Crippen LogP contribution is 2.68. The number of aliphatic hydroxyl groups is 2. The highest BCUT2D eigenvalue weighted by atomic mass is 16.6. The summed E-state index contributed by atoms with van der Waals surface area (Å²) in [6.45, 7) is 6.94. The molecule has 2 aromatic carbocycles. The molecule has 10 atom stereocenters. The number of likely N-dealkylation sites (N-methyl/N-ethyl adjacent to an activating group) is 1. The maximum Gasteiger partial charge on any atom is 0.344 e. The molecule has 2 saturated heterocycles. The van der Waals surface area contributed by atoms with Gasteiger partial charge in [0, 0.05) is 83.6 Å². The number of hydroxylamine groups is 3. The van der Waals surface area contributed by atoms with Crippen LogP contribution in [0.3, 0.4) is 0 Å². The minimum Gasteiger partial charge on any atom is -0.633 e. The fraction of sp³-hybridized carbons (Fsp3) is 0.587. The Morgan fingerprint density at radius 2 is 1.75 bits per heavy atom. The largest absolute Gasteiger partial charge is 0.633 e. The number of hydrogen-bond acceptors (Lipinski definition) is 12. The number of para-hydroxylation sites is 1. The highest BCUT2D eigenvalue weighted by molar-refractivity contribution is 5.95. The number of H-pyrrole nitrogens is 1. The second-order valence-corrected chi connectivity index (χ2v) is 18.6. The normalized spacial score (nSPS) is 37.8. The summed E-state index contributed by atoms with van der Waals surface area (Å²) in [6, 6.07) is 10.5. The number of aromatic amines is 1. The van der Waals surface area contributed by atoms with Gasteiger partial charge in [-0.3, -0.25) is 14.5 Å². The number of carbonyl (C=O) groups excluding carboxylic acids is 3. The van der Waals surface area contributed by atoms with E-state index in [1.807, 2.05) is 74.3 Å². The van der Waals surface area contributed by atoms with E-state index in [1.165, 1.54) is 21.1 Å². The summed E-state index contributed by atoms with van der Waals surface area (Å²) in [4.78, 5) is 50.7. The third-order valence-corrected chi connectivity index (χ3v) is 15.8. The number of fused-ring (bicyclic) bond motifs is 6. The average molecular weight is 827 g/mol. The summed E-state index contributed by atoms with van der Waals surface area (Å²) >= 11 is 0. The molecule has 6 aliphatic rings. The molecule has 1 aromatic heterocycles. The lowest BCUT2D eigenvalue weighted by molar-refractivity contribution is -0.896. The van der Waals surface area contributed by atoms with Crippen LogP contribution < -0.4 is 9.64 Å².